The van der Waals surface area contributed by atoms with Gasteiger partial charge in [-0.25, -0.2) is 4.98 Å². The predicted octanol–water partition coefficient (Wildman–Crippen LogP) is 3.78. The first-order valence-corrected chi connectivity index (χ1v) is 10.6. The minimum atomic E-state index is 0.176. The van der Waals surface area contributed by atoms with E-state index in [2.05, 4.69) is 56.3 Å². The monoisotopic (exact) mass is 404 g/mol. The van der Waals surface area contributed by atoms with Gasteiger partial charge in [0.1, 0.15) is 5.69 Å². The van der Waals surface area contributed by atoms with Crippen molar-refractivity contribution in [3.8, 4) is 11.5 Å². The van der Waals surface area contributed by atoms with Crippen LogP contribution in [0.3, 0.4) is 0 Å². The van der Waals surface area contributed by atoms with Crippen LogP contribution in [0, 0.1) is 0 Å². The number of aromatic amines is 2. The maximum Gasteiger partial charge on any atom is 0.159 e. The number of H-pyrrole nitrogens is 2. The Bertz CT molecular complexity index is 1170. The van der Waals surface area contributed by atoms with Gasteiger partial charge >= 0.3 is 0 Å². The summed E-state index contributed by atoms with van der Waals surface area (Å²) in [5.74, 6) is 0.781. The van der Waals surface area contributed by atoms with Gasteiger partial charge in [-0.15, -0.1) is 0 Å². The highest BCUT2D eigenvalue weighted by molar-refractivity contribution is 5.95. The number of hydrogen-bond acceptors (Lipinski definition) is 5. The standard InChI is InChI=1S/C23H28N6O/c1-15(2)30-14-16-5-4-6-19-21(16)22(27-26-19)23-24-18-8-7-17(13-20(18)25-23)29-11-9-28(3)10-12-29/h4-8,13,15H,9-12,14H2,1-3H3,(H,24,25)(H,26,27). The average Bonchev–Trinajstić information content (AvgIpc) is 3.36. The number of anilines is 1. The number of hydrogen-bond donors (Lipinski definition) is 2. The molecule has 5 rings (SSSR count). The van der Waals surface area contributed by atoms with Crippen LogP contribution in [0.15, 0.2) is 36.4 Å². The van der Waals surface area contributed by atoms with Crippen molar-refractivity contribution in [1.29, 1.82) is 0 Å². The summed E-state index contributed by atoms with van der Waals surface area (Å²) in [5, 5.41) is 8.79. The van der Waals surface area contributed by atoms with E-state index in [9.17, 15) is 0 Å². The van der Waals surface area contributed by atoms with Crippen molar-refractivity contribution < 1.29 is 4.74 Å². The molecule has 2 N–H and O–H groups in total. The molecule has 0 aliphatic carbocycles. The number of benzene rings is 2. The van der Waals surface area contributed by atoms with Gasteiger partial charge in [0.2, 0.25) is 0 Å². The van der Waals surface area contributed by atoms with E-state index < -0.39 is 0 Å². The molecule has 156 valence electrons. The average molecular weight is 405 g/mol. The third kappa shape index (κ3) is 3.55. The third-order valence-corrected chi connectivity index (χ3v) is 5.81. The molecule has 0 spiro atoms. The first-order chi connectivity index (χ1) is 14.6. The van der Waals surface area contributed by atoms with Crippen molar-refractivity contribution in [2.75, 3.05) is 38.1 Å². The smallest absolute Gasteiger partial charge is 0.159 e. The highest BCUT2D eigenvalue weighted by Crippen LogP contribution is 2.30. The summed E-state index contributed by atoms with van der Waals surface area (Å²) in [6, 6.07) is 12.6. The van der Waals surface area contributed by atoms with Crippen LogP contribution in [-0.2, 0) is 11.3 Å². The number of rotatable bonds is 5. The highest BCUT2D eigenvalue weighted by Gasteiger charge is 2.18. The Balaban J connectivity index is 1.51. The van der Waals surface area contributed by atoms with Gasteiger partial charge in [0.15, 0.2) is 5.82 Å². The van der Waals surface area contributed by atoms with E-state index >= 15 is 0 Å². The SMILES string of the molecule is CC(C)OCc1cccc2[nH]nc(-c3nc4ccc(N5CCN(C)CC5)cc4[nH]3)c12. The number of imidazole rings is 1. The molecule has 2 aromatic carbocycles. The summed E-state index contributed by atoms with van der Waals surface area (Å²) < 4.78 is 5.86. The van der Waals surface area contributed by atoms with Crippen LogP contribution < -0.4 is 4.90 Å². The number of piperazine rings is 1. The molecular formula is C23H28N6O. The highest BCUT2D eigenvalue weighted by atomic mass is 16.5. The zero-order chi connectivity index (χ0) is 20.7. The van der Waals surface area contributed by atoms with E-state index in [-0.39, 0.29) is 6.10 Å². The van der Waals surface area contributed by atoms with Crippen LogP contribution in [0.25, 0.3) is 33.5 Å². The maximum absolute atomic E-state index is 5.86. The zero-order valence-corrected chi connectivity index (χ0v) is 17.8. The maximum atomic E-state index is 5.86. The molecule has 0 bridgehead atoms. The quantitative estimate of drug-likeness (QED) is 0.530. The summed E-state index contributed by atoms with van der Waals surface area (Å²) in [4.78, 5) is 13.1. The molecule has 0 saturated carbocycles. The molecule has 1 aliphatic heterocycles. The van der Waals surface area contributed by atoms with Crippen molar-refractivity contribution in [1.82, 2.24) is 25.1 Å². The second kappa shape index (κ2) is 7.74. The van der Waals surface area contributed by atoms with Gasteiger partial charge < -0.3 is 19.5 Å². The second-order valence-electron chi connectivity index (χ2n) is 8.35. The Kier molecular flexibility index (Phi) is 4.92. The fourth-order valence-electron chi connectivity index (χ4n) is 4.06. The summed E-state index contributed by atoms with van der Waals surface area (Å²) >= 11 is 0. The fraction of sp³-hybridized carbons (Fsp3) is 0.391. The lowest BCUT2D eigenvalue weighted by atomic mass is 10.1. The van der Waals surface area contributed by atoms with Crippen LogP contribution in [-0.4, -0.2) is 64.4 Å². The largest absolute Gasteiger partial charge is 0.374 e. The van der Waals surface area contributed by atoms with E-state index in [4.69, 9.17) is 9.72 Å². The Morgan fingerprint density at radius 1 is 1.07 bits per heavy atom. The zero-order valence-electron chi connectivity index (χ0n) is 17.8. The van der Waals surface area contributed by atoms with Crippen LogP contribution >= 0.6 is 0 Å². The number of likely N-dealkylation sites (N-methyl/N-ethyl adjacent to an activating group) is 1. The van der Waals surface area contributed by atoms with E-state index in [1.165, 1.54) is 5.69 Å². The van der Waals surface area contributed by atoms with E-state index in [0.717, 1.165) is 65.2 Å². The molecule has 0 atom stereocenters. The lowest BCUT2D eigenvalue weighted by molar-refractivity contribution is 0.0664. The van der Waals surface area contributed by atoms with Crippen LogP contribution in [0.5, 0.6) is 0 Å². The number of fused-ring (bicyclic) bond motifs is 2. The number of ether oxygens (including phenoxy) is 1. The van der Waals surface area contributed by atoms with Crippen molar-refractivity contribution in [3.05, 3.63) is 42.0 Å². The van der Waals surface area contributed by atoms with Crippen LogP contribution in [0.1, 0.15) is 19.4 Å². The molecular weight excluding hydrogens is 376 g/mol. The van der Waals surface area contributed by atoms with Gasteiger partial charge in [-0.05, 0) is 50.7 Å². The van der Waals surface area contributed by atoms with Crippen molar-refractivity contribution in [2.24, 2.45) is 0 Å². The molecule has 7 heteroatoms. The van der Waals surface area contributed by atoms with Gasteiger partial charge in [0.05, 0.1) is 29.3 Å². The molecule has 3 heterocycles. The Morgan fingerprint density at radius 3 is 2.70 bits per heavy atom. The molecule has 4 aromatic rings. The molecule has 0 unspecified atom stereocenters. The van der Waals surface area contributed by atoms with Crippen molar-refractivity contribution >= 4 is 27.6 Å². The van der Waals surface area contributed by atoms with E-state index in [1.807, 2.05) is 26.0 Å². The third-order valence-electron chi connectivity index (χ3n) is 5.81. The van der Waals surface area contributed by atoms with E-state index in [1.54, 1.807) is 0 Å². The van der Waals surface area contributed by atoms with E-state index in [0.29, 0.717) is 6.61 Å². The lowest BCUT2D eigenvalue weighted by Gasteiger charge is -2.34. The second-order valence-corrected chi connectivity index (χ2v) is 8.35. The minimum Gasteiger partial charge on any atom is -0.374 e. The summed E-state index contributed by atoms with van der Waals surface area (Å²) in [7, 11) is 2.18. The Labute approximate surface area is 176 Å². The molecule has 2 aromatic heterocycles. The number of aromatic nitrogens is 4. The summed E-state index contributed by atoms with van der Waals surface area (Å²) in [5.41, 5.74) is 6.18. The normalized spacial score (nSPS) is 15.7. The number of nitrogens with one attached hydrogen (secondary N) is 2. The van der Waals surface area contributed by atoms with Gasteiger partial charge in [-0.1, -0.05) is 12.1 Å². The van der Waals surface area contributed by atoms with Crippen LogP contribution in [0.2, 0.25) is 0 Å². The summed E-state index contributed by atoms with van der Waals surface area (Å²) in [6.07, 6.45) is 0.176. The molecule has 30 heavy (non-hydrogen) atoms. The molecule has 1 fully saturated rings. The molecule has 1 saturated heterocycles. The number of nitrogens with zero attached hydrogens (tertiary/aromatic N) is 4. The summed E-state index contributed by atoms with van der Waals surface area (Å²) in [6.45, 7) is 8.93. The van der Waals surface area contributed by atoms with Crippen molar-refractivity contribution in [2.45, 2.75) is 26.6 Å². The molecule has 7 nitrogen and oxygen atoms in total. The van der Waals surface area contributed by atoms with Crippen LogP contribution in [0.4, 0.5) is 5.69 Å². The fourth-order valence-corrected chi connectivity index (χ4v) is 4.06. The van der Waals surface area contributed by atoms with Gasteiger partial charge in [0.25, 0.3) is 0 Å². The van der Waals surface area contributed by atoms with Gasteiger partial charge in [0, 0.05) is 37.3 Å². The predicted molar refractivity (Wildman–Crippen MR) is 121 cm³/mol. The molecule has 0 radical (unpaired) electrons. The first-order valence-electron chi connectivity index (χ1n) is 10.6. The minimum absolute atomic E-state index is 0.176. The topological polar surface area (TPSA) is 73.1 Å². The van der Waals surface area contributed by atoms with Crippen molar-refractivity contribution in [3.63, 3.8) is 0 Å². The van der Waals surface area contributed by atoms with Gasteiger partial charge in [-0.3, -0.25) is 5.10 Å². The Hall–Kier alpha value is -2.90. The Morgan fingerprint density at radius 2 is 1.90 bits per heavy atom. The lowest BCUT2D eigenvalue weighted by Crippen LogP contribution is -2.44. The van der Waals surface area contributed by atoms with Gasteiger partial charge in [-0.2, -0.15) is 5.10 Å². The molecule has 1 aliphatic rings. The molecule has 0 amide bonds. The first kappa shape index (κ1) is 19.1.